The zero-order valence-corrected chi connectivity index (χ0v) is 15.6. The smallest absolute Gasteiger partial charge is 0.468 e. The Bertz CT molecular complexity index is 1220. The monoisotopic (exact) mass is 392 g/mol. The fourth-order valence-electron chi connectivity index (χ4n) is 3.42. The van der Waals surface area contributed by atoms with Crippen molar-refractivity contribution in [1.82, 2.24) is 0 Å². The standard InChI is InChI=1S/C20H15N3O4S/c1-11-9-13-5-3-4-6-16(13)19-18(11)22-23-20(27-19)21-17-10-14(28(24)25)7-8-15(17)12(2)26-20/h3-10,21H,2H2,1H3,(H,24,25)/p-1. The molecule has 0 aromatic heterocycles. The number of hydrogen-bond acceptors (Lipinski definition) is 7. The molecule has 5 rings (SSSR count). The van der Waals surface area contributed by atoms with E-state index < -0.39 is 17.1 Å². The number of rotatable bonds is 1. The number of nitrogens with zero attached hydrogens (tertiary/aromatic N) is 2. The largest absolute Gasteiger partial charge is 0.768 e. The van der Waals surface area contributed by atoms with Crippen molar-refractivity contribution in [3.05, 3.63) is 66.2 Å². The molecule has 28 heavy (non-hydrogen) atoms. The van der Waals surface area contributed by atoms with E-state index in [4.69, 9.17) is 9.47 Å². The van der Waals surface area contributed by atoms with Gasteiger partial charge in [-0.2, -0.15) is 0 Å². The number of hydrogen-bond donors (Lipinski definition) is 1. The Morgan fingerprint density at radius 3 is 2.82 bits per heavy atom. The number of anilines is 1. The second kappa shape index (κ2) is 5.88. The highest BCUT2D eigenvalue weighted by Gasteiger charge is 2.44. The normalized spacial score (nSPS) is 20.7. The molecule has 140 valence electrons. The quantitative estimate of drug-likeness (QED) is 0.611. The first-order valence-electron chi connectivity index (χ1n) is 8.50. The average molecular weight is 392 g/mol. The van der Waals surface area contributed by atoms with Crippen LogP contribution in [0, 0.1) is 6.92 Å². The van der Waals surface area contributed by atoms with Crippen LogP contribution < -0.4 is 10.1 Å². The third kappa shape index (κ3) is 2.49. The number of azo groups is 1. The molecule has 3 aromatic rings. The van der Waals surface area contributed by atoms with Crippen molar-refractivity contribution in [3.8, 4) is 5.75 Å². The van der Waals surface area contributed by atoms with Gasteiger partial charge in [0.15, 0.2) is 5.75 Å². The van der Waals surface area contributed by atoms with Gasteiger partial charge in [-0.25, -0.2) is 0 Å². The molecule has 2 unspecified atom stereocenters. The maximum Gasteiger partial charge on any atom is 0.468 e. The summed E-state index contributed by atoms with van der Waals surface area (Å²) in [5, 5.41) is 13.4. The van der Waals surface area contributed by atoms with E-state index in [1.54, 1.807) is 6.07 Å². The Morgan fingerprint density at radius 1 is 1.18 bits per heavy atom. The SMILES string of the molecule is C=C1OC2(N=Nc3c(C)cc4ccccc4c3O2)Nc2cc(S(=O)[O-])ccc21. The van der Waals surface area contributed by atoms with E-state index in [1.807, 2.05) is 37.3 Å². The molecule has 2 atom stereocenters. The molecule has 3 aromatic carbocycles. The van der Waals surface area contributed by atoms with Crippen molar-refractivity contribution in [2.45, 2.75) is 17.9 Å². The fourth-order valence-corrected chi connectivity index (χ4v) is 3.82. The van der Waals surface area contributed by atoms with Gasteiger partial charge in [-0.1, -0.05) is 36.0 Å². The van der Waals surface area contributed by atoms with Crippen LogP contribution in [0.5, 0.6) is 5.75 Å². The highest BCUT2D eigenvalue weighted by atomic mass is 32.2. The maximum absolute atomic E-state index is 11.3. The molecule has 0 fully saturated rings. The third-order valence-corrected chi connectivity index (χ3v) is 5.36. The Morgan fingerprint density at radius 2 is 2.00 bits per heavy atom. The van der Waals surface area contributed by atoms with E-state index in [2.05, 4.69) is 22.1 Å². The zero-order valence-electron chi connectivity index (χ0n) is 14.8. The lowest BCUT2D eigenvalue weighted by Gasteiger charge is -2.38. The molecule has 0 bridgehead atoms. The molecule has 0 radical (unpaired) electrons. The molecule has 2 aliphatic rings. The maximum atomic E-state index is 11.3. The minimum absolute atomic E-state index is 0.130. The van der Waals surface area contributed by atoms with Crippen LogP contribution in [0.2, 0.25) is 0 Å². The number of fused-ring (bicyclic) bond motifs is 4. The molecule has 2 aliphatic heterocycles. The van der Waals surface area contributed by atoms with Crippen molar-refractivity contribution < 1.29 is 18.2 Å². The second-order valence-electron chi connectivity index (χ2n) is 6.57. The predicted molar refractivity (Wildman–Crippen MR) is 104 cm³/mol. The summed E-state index contributed by atoms with van der Waals surface area (Å²) in [6.45, 7) is 5.85. The summed E-state index contributed by atoms with van der Waals surface area (Å²) in [4.78, 5) is 0.130. The Balaban J connectivity index is 1.64. The molecule has 0 saturated heterocycles. The van der Waals surface area contributed by atoms with Gasteiger partial charge in [-0.05, 0) is 53.2 Å². The van der Waals surface area contributed by atoms with Crippen LogP contribution in [0.4, 0.5) is 11.4 Å². The van der Waals surface area contributed by atoms with Crippen LogP contribution >= 0.6 is 0 Å². The molecular weight excluding hydrogens is 378 g/mol. The summed E-state index contributed by atoms with van der Waals surface area (Å²) < 4.78 is 34.7. The van der Waals surface area contributed by atoms with Gasteiger partial charge >= 0.3 is 6.03 Å². The summed E-state index contributed by atoms with van der Waals surface area (Å²) >= 11 is -2.37. The molecule has 2 heterocycles. The summed E-state index contributed by atoms with van der Waals surface area (Å²) in [5.74, 6) is 0.842. The Labute approximate surface area is 163 Å². The van der Waals surface area contributed by atoms with Gasteiger partial charge in [0.1, 0.15) is 11.4 Å². The topological polar surface area (TPSA) is 95.3 Å². The van der Waals surface area contributed by atoms with E-state index in [0.29, 0.717) is 28.4 Å². The molecule has 0 amide bonds. The molecule has 7 nitrogen and oxygen atoms in total. The van der Waals surface area contributed by atoms with Gasteiger partial charge in [0.2, 0.25) is 0 Å². The molecule has 0 saturated carbocycles. The number of nitrogens with one attached hydrogen (secondary N) is 1. The highest BCUT2D eigenvalue weighted by molar-refractivity contribution is 7.79. The lowest BCUT2D eigenvalue weighted by atomic mass is 10.0. The average Bonchev–Trinajstić information content (AvgIpc) is 2.67. The van der Waals surface area contributed by atoms with Crippen LogP contribution in [-0.4, -0.2) is 14.8 Å². The van der Waals surface area contributed by atoms with E-state index in [0.717, 1.165) is 16.3 Å². The summed E-state index contributed by atoms with van der Waals surface area (Å²) in [5.41, 5.74) is 2.66. The lowest BCUT2D eigenvalue weighted by molar-refractivity contribution is -0.113. The minimum Gasteiger partial charge on any atom is -0.768 e. The van der Waals surface area contributed by atoms with Crippen molar-refractivity contribution in [2.75, 3.05) is 5.32 Å². The van der Waals surface area contributed by atoms with E-state index in [-0.39, 0.29) is 4.90 Å². The first-order valence-corrected chi connectivity index (χ1v) is 9.57. The van der Waals surface area contributed by atoms with E-state index >= 15 is 0 Å². The fraction of sp³-hybridized carbons (Fsp3) is 0.100. The van der Waals surface area contributed by atoms with Gasteiger partial charge in [-0.15, -0.1) is 5.11 Å². The van der Waals surface area contributed by atoms with Crippen LogP contribution in [0.25, 0.3) is 16.5 Å². The highest BCUT2D eigenvalue weighted by Crippen LogP contribution is 2.47. The van der Waals surface area contributed by atoms with Crippen molar-refractivity contribution in [2.24, 2.45) is 10.2 Å². The van der Waals surface area contributed by atoms with Gasteiger partial charge < -0.3 is 14.0 Å². The molecule has 8 heteroatoms. The van der Waals surface area contributed by atoms with Crippen LogP contribution in [0.1, 0.15) is 11.1 Å². The van der Waals surface area contributed by atoms with Gasteiger partial charge in [-0.3, -0.25) is 9.53 Å². The third-order valence-electron chi connectivity index (χ3n) is 4.73. The van der Waals surface area contributed by atoms with Crippen molar-refractivity contribution in [1.29, 1.82) is 0 Å². The zero-order chi connectivity index (χ0) is 19.5. The minimum atomic E-state index is -2.37. The van der Waals surface area contributed by atoms with E-state index in [9.17, 15) is 8.76 Å². The van der Waals surface area contributed by atoms with Crippen molar-refractivity contribution in [3.63, 3.8) is 0 Å². The first-order chi connectivity index (χ1) is 13.5. The summed E-state index contributed by atoms with van der Waals surface area (Å²) in [7, 11) is 0. The first kappa shape index (κ1) is 16.9. The molecule has 0 aliphatic carbocycles. The molecule has 1 spiro atoms. The Kier molecular flexibility index (Phi) is 3.55. The second-order valence-corrected chi connectivity index (χ2v) is 7.51. The van der Waals surface area contributed by atoms with Crippen molar-refractivity contribution >= 4 is 39.0 Å². The molecule has 1 N–H and O–H groups in total. The lowest BCUT2D eigenvalue weighted by Crippen LogP contribution is -2.47. The van der Waals surface area contributed by atoms with Crippen LogP contribution in [-0.2, 0) is 15.8 Å². The van der Waals surface area contributed by atoms with E-state index in [1.165, 1.54) is 12.1 Å². The van der Waals surface area contributed by atoms with Gasteiger partial charge in [0, 0.05) is 15.8 Å². The van der Waals surface area contributed by atoms with Crippen LogP contribution in [0.15, 0.2) is 70.2 Å². The number of benzene rings is 3. The summed E-state index contributed by atoms with van der Waals surface area (Å²) in [6.07, 6.45) is 0. The predicted octanol–water partition coefficient (Wildman–Crippen LogP) is 4.59. The molecular formula is C20H14N3O4S-. The Hall–Kier alpha value is -3.23. The number of aryl methyl sites for hydroxylation is 1. The van der Waals surface area contributed by atoms with Gasteiger partial charge in [0.25, 0.3) is 0 Å². The summed E-state index contributed by atoms with van der Waals surface area (Å²) in [6, 6.07) is 12.7. The van der Waals surface area contributed by atoms with Crippen LogP contribution in [0.3, 0.4) is 0 Å². The number of ether oxygens (including phenoxy) is 2. The van der Waals surface area contributed by atoms with Gasteiger partial charge in [0.05, 0.1) is 5.69 Å².